The second-order valence-electron chi connectivity index (χ2n) is 10.6. The molecule has 3 aromatic rings. The largest absolute Gasteiger partial charge is 0.508 e. The Balaban J connectivity index is 1.29. The summed E-state index contributed by atoms with van der Waals surface area (Å²) in [5.74, 6) is 0.148. The molecule has 0 spiro atoms. The molecule has 5 rings (SSSR count). The lowest BCUT2D eigenvalue weighted by Crippen LogP contribution is -2.41. The average molecular weight is 497 g/mol. The van der Waals surface area contributed by atoms with E-state index in [1.165, 1.54) is 11.1 Å². The fourth-order valence-corrected chi connectivity index (χ4v) is 4.85. The van der Waals surface area contributed by atoms with Crippen LogP contribution in [0.1, 0.15) is 50.3 Å². The van der Waals surface area contributed by atoms with E-state index in [-0.39, 0.29) is 24.8 Å². The number of rotatable bonds is 6. The Kier molecular flexibility index (Phi) is 6.60. The fraction of sp³-hybridized carbons (Fsp3) is 0.300. The molecule has 190 valence electrons. The van der Waals surface area contributed by atoms with Crippen LogP contribution in [0.15, 0.2) is 78.3 Å². The molecular weight excluding hydrogens is 465 g/mol. The van der Waals surface area contributed by atoms with E-state index in [2.05, 4.69) is 29.6 Å². The predicted octanol–water partition coefficient (Wildman–Crippen LogP) is 5.95. The molecule has 37 heavy (non-hydrogen) atoms. The van der Waals surface area contributed by atoms with Crippen LogP contribution in [0.3, 0.4) is 0 Å². The molecule has 0 saturated carbocycles. The number of nitrogens with one attached hydrogen (secondary N) is 1. The van der Waals surface area contributed by atoms with Crippen LogP contribution < -0.4 is 5.32 Å². The van der Waals surface area contributed by atoms with Crippen molar-refractivity contribution in [3.05, 3.63) is 95.0 Å². The third-order valence-electron chi connectivity index (χ3n) is 7.56. The summed E-state index contributed by atoms with van der Waals surface area (Å²) in [6, 6.07) is 23.4. The molecule has 6 nitrogen and oxygen atoms in total. The monoisotopic (exact) mass is 497 g/mol. The van der Waals surface area contributed by atoms with Crippen molar-refractivity contribution < 1.29 is 23.9 Å². The van der Waals surface area contributed by atoms with Gasteiger partial charge in [-0.25, -0.2) is 4.79 Å². The fourth-order valence-electron chi connectivity index (χ4n) is 4.85. The van der Waals surface area contributed by atoms with Gasteiger partial charge in [0.05, 0.1) is 11.2 Å². The van der Waals surface area contributed by atoms with Crippen LogP contribution in [0.25, 0.3) is 17.2 Å². The molecule has 2 N–H and O–H groups in total. The zero-order valence-electron chi connectivity index (χ0n) is 21.7. The number of aromatic hydroxyl groups is 1. The van der Waals surface area contributed by atoms with Crippen LogP contribution >= 0.6 is 0 Å². The molecule has 1 heterocycles. The van der Waals surface area contributed by atoms with Gasteiger partial charge in [0.2, 0.25) is 0 Å². The Morgan fingerprint density at radius 2 is 1.54 bits per heavy atom. The number of benzene rings is 3. The van der Waals surface area contributed by atoms with Crippen molar-refractivity contribution in [2.45, 2.75) is 44.8 Å². The van der Waals surface area contributed by atoms with Crippen molar-refractivity contribution in [1.82, 2.24) is 5.32 Å². The van der Waals surface area contributed by atoms with E-state index >= 15 is 0 Å². The van der Waals surface area contributed by atoms with Gasteiger partial charge in [0, 0.05) is 12.5 Å². The van der Waals surface area contributed by atoms with Gasteiger partial charge in [-0.3, -0.25) is 0 Å². The van der Waals surface area contributed by atoms with Crippen molar-refractivity contribution in [3.8, 4) is 16.9 Å². The molecular formula is C30H32BNO5. The van der Waals surface area contributed by atoms with Crippen molar-refractivity contribution in [2.24, 2.45) is 0 Å². The highest BCUT2D eigenvalue weighted by Crippen LogP contribution is 2.44. The van der Waals surface area contributed by atoms with E-state index in [9.17, 15) is 9.90 Å². The number of amides is 1. The number of phenolic OH excluding ortho intramolecular Hbond substituents is 1. The molecule has 1 fully saturated rings. The average Bonchev–Trinajstić information content (AvgIpc) is 3.29. The van der Waals surface area contributed by atoms with E-state index in [1.807, 2.05) is 64.1 Å². The minimum atomic E-state index is -0.652. The van der Waals surface area contributed by atoms with Gasteiger partial charge in [-0.2, -0.15) is 0 Å². The molecule has 2 aliphatic rings. The lowest BCUT2D eigenvalue weighted by molar-refractivity contribution is 0.00578. The van der Waals surface area contributed by atoms with Crippen LogP contribution in [0.2, 0.25) is 0 Å². The Bertz CT molecular complexity index is 1290. The lowest BCUT2D eigenvalue weighted by Gasteiger charge is -2.32. The zero-order valence-corrected chi connectivity index (χ0v) is 21.7. The second kappa shape index (κ2) is 9.73. The van der Waals surface area contributed by atoms with Gasteiger partial charge in [-0.1, -0.05) is 66.7 Å². The molecule has 0 radical (unpaired) electrons. The maximum Gasteiger partial charge on any atom is 0.492 e. The number of fused-ring (bicyclic) bond motifs is 3. The van der Waals surface area contributed by atoms with Crippen molar-refractivity contribution >= 4 is 19.3 Å². The third kappa shape index (κ3) is 5.02. The minimum absolute atomic E-state index is 0.0106. The Labute approximate surface area is 218 Å². The van der Waals surface area contributed by atoms with E-state index in [4.69, 9.17) is 14.0 Å². The molecule has 0 unspecified atom stereocenters. The molecule has 0 bridgehead atoms. The van der Waals surface area contributed by atoms with E-state index in [0.717, 1.165) is 22.2 Å². The SMILES string of the molecule is CC1(C)OB(C(=Cc2cccc(O)c2)CNC(=O)OCC2c3ccccc3-c3ccccc32)OC1(C)C. The van der Waals surface area contributed by atoms with Crippen molar-refractivity contribution in [3.63, 3.8) is 0 Å². The van der Waals surface area contributed by atoms with Gasteiger partial charge in [0.1, 0.15) is 12.4 Å². The van der Waals surface area contributed by atoms with Crippen LogP contribution in [0.5, 0.6) is 5.75 Å². The number of hydrogen-bond donors (Lipinski definition) is 2. The Hall–Kier alpha value is -3.55. The molecule has 0 atom stereocenters. The first-order valence-electron chi connectivity index (χ1n) is 12.6. The summed E-state index contributed by atoms with van der Waals surface area (Å²) in [7, 11) is -0.652. The quantitative estimate of drug-likeness (QED) is 0.412. The van der Waals surface area contributed by atoms with Crippen LogP contribution in [-0.4, -0.2) is 42.7 Å². The highest BCUT2D eigenvalue weighted by Gasteiger charge is 2.52. The molecule has 3 aromatic carbocycles. The highest BCUT2D eigenvalue weighted by atomic mass is 16.7. The highest BCUT2D eigenvalue weighted by molar-refractivity contribution is 6.56. The zero-order chi connectivity index (χ0) is 26.2. The summed E-state index contributed by atoms with van der Waals surface area (Å²) in [6.45, 7) is 8.34. The van der Waals surface area contributed by atoms with Crippen LogP contribution in [0, 0.1) is 0 Å². The van der Waals surface area contributed by atoms with Crippen molar-refractivity contribution in [1.29, 1.82) is 0 Å². The van der Waals surface area contributed by atoms with E-state index < -0.39 is 24.4 Å². The van der Waals surface area contributed by atoms with Crippen molar-refractivity contribution in [2.75, 3.05) is 13.2 Å². The van der Waals surface area contributed by atoms with Gasteiger partial charge in [0.15, 0.2) is 0 Å². The standard InChI is InChI=1S/C30H32BNO5/c1-29(2)30(3,4)37-31(36-29)21(16-20-10-9-11-22(33)17-20)18-32-28(34)35-19-27-25-14-7-5-12-23(25)24-13-6-8-15-26(24)27/h5-17,27,33H,18-19H2,1-4H3,(H,32,34). The predicted molar refractivity (Wildman–Crippen MR) is 145 cm³/mol. The third-order valence-corrected chi connectivity index (χ3v) is 7.56. The topological polar surface area (TPSA) is 77.0 Å². The normalized spacial score (nSPS) is 17.8. The summed E-state index contributed by atoms with van der Waals surface area (Å²) in [5.41, 5.74) is 5.14. The molecule has 1 aliphatic carbocycles. The summed E-state index contributed by atoms with van der Waals surface area (Å²) in [6.07, 6.45) is 1.35. The van der Waals surface area contributed by atoms with E-state index in [0.29, 0.717) is 0 Å². The molecule has 0 aromatic heterocycles. The second-order valence-corrected chi connectivity index (χ2v) is 10.6. The first-order chi connectivity index (χ1) is 17.6. The first kappa shape index (κ1) is 25.1. The van der Waals surface area contributed by atoms with Gasteiger partial charge in [-0.05, 0) is 73.1 Å². The number of phenols is 1. The number of alkyl carbamates (subject to hydrolysis) is 1. The van der Waals surface area contributed by atoms with Gasteiger partial charge >= 0.3 is 13.2 Å². The Morgan fingerprint density at radius 1 is 0.946 bits per heavy atom. The van der Waals surface area contributed by atoms with E-state index in [1.54, 1.807) is 18.2 Å². The molecule has 1 amide bonds. The maximum absolute atomic E-state index is 12.8. The van der Waals surface area contributed by atoms with Gasteiger partial charge in [-0.15, -0.1) is 0 Å². The maximum atomic E-state index is 12.8. The number of carbonyl (C=O) groups is 1. The molecule has 1 saturated heterocycles. The van der Waals surface area contributed by atoms with Crippen LogP contribution in [0.4, 0.5) is 4.79 Å². The molecule has 7 heteroatoms. The van der Waals surface area contributed by atoms with Gasteiger partial charge in [0.25, 0.3) is 0 Å². The minimum Gasteiger partial charge on any atom is -0.508 e. The molecule has 1 aliphatic heterocycles. The lowest BCUT2D eigenvalue weighted by atomic mass is 9.77. The summed E-state index contributed by atoms with van der Waals surface area (Å²) in [4.78, 5) is 12.8. The number of hydrogen-bond acceptors (Lipinski definition) is 5. The summed E-state index contributed by atoms with van der Waals surface area (Å²) < 4.78 is 18.2. The first-order valence-corrected chi connectivity index (χ1v) is 12.6. The summed E-state index contributed by atoms with van der Waals surface area (Å²) in [5, 5.41) is 12.8. The number of ether oxygens (including phenoxy) is 1. The summed E-state index contributed by atoms with van der Waals surface area (Å²) >= 11 is 0. The number of carbonyl (C=O) groups excluding carboxylic acids is 1. The van der Waals surface area contributed by atoms with Crippen LogP contribution in [-0.2, 0) is 14.0 Å². The Morgan fingerprint density at radius 3 is 2.14 bits per heavy atom. The van der Waals surface area contributed by atoms with Gasteiger partial charge < -0.3 is 24.5 Å². The smallest absolute Gasteiger partial charge is 0.492 e.